The molecule has 6 heteroatoms. The SMILES string of the molecule is Cc1ccc2c(c1)oc(=O)c1cc3c(cc12)-c1cc2c(cc1OCO3)c(=O)oc1ccccc12. The van der Waals surface area contributed by atoms with Crippen LogP contribution >= 0.6 is 0 Å². The largest absolute Gasteiger partial charge is 0.457 e. The van der Waals surface area contributed by atoms with Crippen molar-refractivity contribution in [1.29, 1.82) is 0 Å². The van der Waals surface area contributed by atoms with E-state index in [9.17, 15) is 9.59 Å². The zero-order valence-corrected chi connectivity index (χ0v) is 18.0. The minimum Gasteiger partial charge on any atom is -0.457 e. The van der Waals surface area contributed by atoms with Crippen molar-refractivity contribution in [2.24, 2.45) is 0 Å². The first-order valence-electron chi connectivity index (χ1n) is 10.8. The van der Waals surface area contributed by atoms with E-state index in [0.29, 0.717) is 33.4 Å². The van der Waals surface area contributed by atoms with Crippen molar-refractivity contribution in [3.63, 3.8) is 0 Å². The molecule has 0 saturated carbocycles. The summed E-state index contributed by atoms with van der Waals surface area (Å²) in [5.41, 5.74) is 2.74. The zero-order valence-electron chi connectivity index (χ0n) is 18.0. The first-order valence-corrected chi connectivity index (χ1v) is 10.8. The van der Waals surface area contributed by atoms with Gasteiger partial charge in [0.25, 0.3) is 0 Å². The van der Waals surface area contributed by atoms with Crippen LogP contribution in [0.1, 0.15) is 5.56 Å². The predicted octanol–water partition coefficient (Wildman–Crippen LogP) is 5.91. The number of rotatable bonds is 0. The Morgan fingerprint density at radius 1 is 0.588 bits per heavy atom. The lowest BCUT2D eigenvalue weighted by Crippen LogP contribution is -2.05. The molecule has 0 amide bonds. The second-order valence-corrected chi connectivity index (χ2v) is 8.47. The predicted molar refractivity (Wildman–Crippen MR) is 130 cm³/mol. The van der Waals surface area contributed by atoms with Gasteiger partial charge >= 0.3 is 11.3 Å². The molecule has 0 fully saturated rings. The van der Waals surface area contributed by atoms with Crippen molar-refractivity contribution in [3.8, 4) is 22.6 Å². The fourth-order valence-corrected chi connectivity index (χ4v) is 4.78. The third-order valence-electron chi connectivity index (χ3n) is 6.41. The summed E-state index contributed by atoms with van der Waals surface area (Å²) in [6.45, 7) is 1.89. The van der Waals surface area contributed by atoms with E-state index in [1.165, 1.54) is 0 Å². The molecule has 7 rings (SSSR count). The highest BCUT2D eigenvalue weighted by Crippen LogP contribution is 2.44. The van der Waals surface area contributed by atoms with Gasteiger partial charge in [-0.25, -0.2) is 9.59 Å². The Balaban J connectivity index is 1.62. The fraction of sp³-hybridized carbons (Fsp3) is 0.0714. The Morgan fingerprint density at radius 3 is 1.85 bits per heavy atom. The van der Waals surface area contributed by atoms with Crippen LogP contribution < -0.4 is 20.7 Å². The van der Waals surface area contributed by atoms with Crippen LogP contribution in [0.15, 0.2) is 85.2 Å². The van der Waals surface area contributed by atoms with Gasteiger partial charge in [0.05, 0.1) is 10.8 Å². The molecule has 1 aliphatic rings. The minimum atomic E-state index is -0.428. The van der Waals surface area contributed by atoms with Gasteiger partial charge in [0, 0.05) is 32.7 Å². The van der Waals surface area contributed by atoms with Crippen LogP contribution in [0.2, 0.25) is 0 Å². The molecule has 3 heterocycles. The van der Waals surface area contributed by atoms with Crippen LogP contribution in [0.3, 0.4) is 0 Å². The molecule has 4 aromatic carbocycles. The van der Waals surface area contributed by atoms with Gasteiger partial charge in [0.1, 0.15) is 22.7 Å². The monoisotopic (exact) mass is 448 g/mol. The number of aryl methyl sites for hydroxylation is 1. The summed E-state index contributed by atoms with van der Waals surface area (Å²) in [6, 6.07) is 20.5. The number of hydrogen-bond donors (Lipinski definition) is 0. The molecule has 0 spiro atoms. The lowest BCUT2D eigenvalue weighted by molar-refractivity contribution is 0.125. The van der Waals surface area contributed by atoms with Crippen LogP contribution in [-0.2, 0) is 0 Å². The van der Waals surface area contributed by atoms with E-state index in [1.807, 2.05) is 55.5 Å². The number of fused-ring (bicyclic) bond motifs is 9. The smallest absolute Gasteiger partial charge is 0.344 e. The van der Waals surface area contributed by atoms with Gasteiger partial charge < -0.3 is 18.3 Å². The minimum absolute atomic E-state index is 0.0615. The van der Waals surface area contributed by atoms with E-state index in [4.69, 9.17) is 18.3 Å². The Morgan fingerprint density at radius 2 is 1.18 bits per heavy atom. The highest BCUT2D eigenvalue weighted by atomic mass is 16.7. The summed E-state index contributed by atoms with van der Waals surface area (Å²) >= 11 is 0. The van der Waals surface area contributed by atoms with E-state index in [2.05, 4.69) is 0 Å². The first kappa shape index (κ1) is 18.9. The first-order chi connectivity index (χ1) is 16.6. The summed E-state index contributed by atoms with van der Waals surface area (Å²) < 4.78 is 22.8. The Hall–Kier alpha value is -4.58. The average molecular weight is 448 g/mol. The maximum absolute atomic E-state index is 12.8. The summed E-state index contributed by atoms with van der Waals surface area (Å²) in [4.78, 5) is 25.5. The lowest BCUT2D eigenvalue weighted by atomic mass is 9.95. The molecule has 0 bridgehead atoms. The molecule has 0 N–H and O–H groups in total. The van der Waals surface area contributed by atoms with Crippen LogP contribution in [0.25, 0.3) is 54.6 Å². The van der Waals surface area contributed by atoms with Gasteiger partial charge in [-0.15, -0.1) is 0 Å². The summed E-state index contributed by atoms with van der Waals surface area (Å²) in [6.07, 6.45) is 0. The summed E-state index contributed by atoms with van der Waals surface area (Å²) in [7, 11) is 0. The molecule has 6 aromatic rings. The van der Waals surface area contributed by atoms with Crippen molar-refractivity contribution >= 4 is 43.5 Å². The molecule has 6 nitrogen and oxygen atoms in total. The second-order valence-electron chi connectivity index (χ2n) is 8.47. The van der Waals surface area contributed by atoms with Crippen LogP contribution in [-0.4, -0.2) is 6.79 Å². The van der Waals surface area contributed by atoms with Crippen LogP contribution in [0.4, 0.5) is 0 Å². The Kier molecular flexibility index (Phi) is 3.74. The zero-order chi connectivity index (χ0) is 23.0. The lowest BCUT2D eigenvalue weighted by Gasteiger charge is -2.12. The standard InChI is InChI=1S/C28H16O6/c1-14-6-7-16-18-10-20-19-9-17-15-4-2-3-5-23(15)33-27(29)21(17)11-24(19)31-13-32-25(20)12-22(18)28(30)34-26(16)8-14/h2-12H,13H2,1H3. The van der Waals surface area contributed by atoms with Crippen LogP contribution in [0.5, 0.6) is 11.5 Å². The Labute approximate surface area is 191 Å². The summed E-state index contributed by atoms with van der Waals surface area (Å²) in [5, 5.41) is 4.05. The normalized spacial score (nSPS) is 12.9. The van der Waals surface area contributed by atoms with E-state index < -0.39 is 11.3 Å². The van der Waals surface area contributed by atoms with E-state index >= 15 is 0 Å². The second kappa shape index (κ2) is 6.71. The molecule has 34 heavy (non-hydrogen) atoms. The molecule has 0 aliphatic carbocycles. The van der Waals surface area contributed by atoms with E-state index in [-0.39, 0.29) is 6.79 Å². The number of ether oxygens (including phenoxy) is 2. The Bertz CT molecular complexity index is 1940. The number of benzene rings is 4. The number of para-hydroxylation sites is 1. The van der Waals surface area contributed by atoms with Crippen molar-refractivity contribution in [2.75, 3.05) is 6.79 Å². The maximum Gasteiger partial charge on any atom is 0.344 e. The molecular weight excluding hydrogens is 432 g/mol. The number of hydrogen-bond acceptors (Lipinski definition) is 6. The summed E-state index contributed by atoms with van der Waals surface area (Å²) in [5.74, 6) is 1.02. The maximum atomic E-state index is 12.8. The van der Waals surface area contributed by atoms with Gasteiger partial charge in [-0.3, -0.25) is 0 Å². The molecule has 0 saturated heterocycles. The molecular formula is C28H16O6. The molecule has 1 aliphatic heterocycles. The highest BCUT2D eigenvalue weighted by molar-refractivity contribution is 6.10. The molecule has 2 aromatic heterocycles. The topological polar surface area (TPSA) is 78.9 Å². The quantitative estimate of drug-likeness (QED) is 0.212. The van der Waals surface area contributed by atoms with Gasteiger partial charge in [0.15, 0.2) is 0 Å². The van der Waals surface area contributed by atoms with E-state index in [1.54, 1.807) is 18.2 Å². The average Bonchev–Trinajstić information content (AvgIpc) is 3.01. The fourth-order valence-electron chi connectivity index (χ4n) is 4.78. The van der Waals surface area contributed by atoms with Gasteiger partial charge in [0.2, 0.25) is 6.79 Å². The third-order valence-corrected chi connectivity index (χ3v) is 6.41. The van der Waals surface area contributed by atoms with Crippen LogP contribution in [0, 0.1) is 6.92 Å². The molecule has 0 atom stereocenters. The third kappa shape index (κ3) is 2.62. The molecule has 0 unspecified atom stereocenters. The van der Waals surface area contributed by atoms with Gasteiger partial charge in [-0.05, 0) is 48.9 Å². The van der Waals surface area contributed by atoms with Gasteiger partial charge in [-0.2, -0.15) is 0 Å². The highest BCUT2D eigenvalue weighted by Gasteiger charge is 2.22. The van der Waals surface area contributed by atoms with Crippen molar-refractivity contribution in [2.45, 2.75) is 6.92 Å². The van der Waals surface area contributed by atoms with Crippen molar-refractivity contribution in [3.05, 3.63) is 93.1 Å². The van der Waals surface area contributed by atoms with Gasteiger partial charge in [-0.1, -0.05) is 30.3 Å². The van der Waals surface area contributed by atoms with Crippen molar-refractivity contribution < 1.29 is 18.3 Å². The molecule has 164 valence electrons. The van der Waals surface area contributed by atoms with E-state index in [0.717, 1.165) is 38.2 Å². The molecule has 0 radical (unpaired) electrons. The van der Waals surface area contributed by atoms with Crippen molar-refractivity contribution in [1.82, 2.24) is 0 Å².